The van der Waals surface area contributed by atoms with Crippen molar-refractivity contribution in [3.8, 4) is 11.5 Å². The number of methoxy groups -OCH3 is 1. The highest BCUT2D eigenvalue weighted by molar-refractivity contribution is 6.35. The molecule has 138 valence electrons. The van der Waals surface area contributed by atoms with Crippen LogP contribution in [0.3, 0.4) is 0 Å². The lowest BCUT2D eigenvalue weighted by Gasteiger charge is -2.17. The minimum Gasteiger partial charge on any atom is -0.493 e. The summed E-state index contributed by atoms with van der Waals surface area (Å²) in [7, 11) is 1.35. The van der Waals surface area contributed by atoms with Gasteiger partial charge in [0.25, 0.3) is 5.91 Å². The van der Waals surface area contributed by atoms with Gasteiger partial charge in [0.1, 0.15) is 5.75 Å². The summed E-state index contributed by atoms with van der Waals surface area (Å²) in [6.07, 6.45) is -0.939. The van der Waals surface area contributed by atoms with Crippen molar-refractivity contribution in [2.45, 2.75) is 13.0 Å². The number of anilines is 1. The molecule has 0 fully saturated rings. The lowest BCUT2D eigenvalue weighted by molar-refractivity contribution is -0.122. The van der Waals surface area contributed by atoms with E-state index in [1.54, 1.807) is 6.07 Å². The second-order valence-corrected chi connectivity index (χ2v) is 6.42. The first-order valence-electron chi connectivity index (χ1n) is 7.26. The SMILES string of the molecule is COc1c(Cl)cc(C(=O)O)cc1NC(=O)C(C)Oc1ccc(Cl)cc1Cl. The van der Waals surface area contributed by atoms with E-state index in [1.807, 2.05) is 0 Å². The number of hydrogen-bond donors (Lipinski definition) is 2. The normalized spacial score (nSPS) is 11.6. The number of amides is 1. The third kappa shape index (κ3) is 4.72. The maximum atomic E-state index is 12.4. The molecule has 9 heteroatoms. The van der Waals surface area contributed by atoms with E-state index in [1.165, 1.54) is 38.3 Å². The van der Waals surface area contributed by atoms with Gasteiger partial charge in [-0.2, -0.15) is 0 Å². The molecule has 1 unspecified atom stereocenters. The van der Waals surface area contributed by atoms with E-state index >= 15 is 0 Å². The molecule has 2 N–H and O–H groups in total. The summed E-state index contributed by atoms with van der Waals surface area (Å²) in [6, 6.07) is 7.07. The maximum Gasteiger partial charge on any atom is 0.335 e. The second kappa shape index (κ2) is 8.49. The first-order valence-corrected chi connectivity index (χ1v) is 8.39. The zero-order chi connectivity index (χ0) is 19.4. The van der Waals surface area contributed by atoms with Gasteiger partial charge < -0.3 is 19.9 Å². The number of aromatic carboxylic acids is 1. The summed E-state index contributed by atoms with van der Waals surface area (Å²) >= 11 is 17.8. The summed E-state index contributed by atoms with van der Waals surface area (Å²) < 4.78 is 10.6. The Hall–Kier alpha value is -2.15. The summed E-state index contributed by atoms with van der Waals surface area (Å²) in [5.74, 6) is -1.32. The van der Waals surface area contributed by atoms with Crippen LogP contribution in [0.5, 0.6) is 11.5 Å². The molecule has 0 saturated carbocycles. The Balaban J connectivity index is 2.21. The van der Waals surface area contributed by atoms with E-state index in [9.17, 15) is 9.59 Å². The number of benzene rings is 2. The fourth-order valence-electron chi connectivity index (χ4n) is 2.07. The van der Waals surface area contributed by atoms with Crippen LogP contribution in [0.25, 0.3) is 0 Å². The first-order chi connectivity index (χ1) is 12.2. The monoisotopic (exact) mass is 417 g/mol. The van der Waals surface area contributed by atoms with Crippen LogP contribution < -0.4 is 14.8 Å². The summed E-state index contributed by atoms with van der Waals surface area (Å²) in [5.41, 5.74) is 0.0143. The fraction of sp³-hybridized carbons (Fsp3) is 0.176. The Bertz CT molecular complexity index is 857. The molecule has 1 amide bonds. The van der Waals surface area contributed by atoms with E-state index in [2.05, 4.69) is 5.32 Å². The van der Waals surface area contributed by atoms with Crippen LogP contribution in [0.15, 0.2) is 30.3 Å². The number of carboxylic acid groups (broad SMARTS) is 1. The van der Waals surface area contributed by atoms with E-state index < -0.39 is 18.0 Å². The molecule has 2 aromatic carbocycles. The zero-order valence-corrected chi connectivity index (χ0v) is 15.9. The van der Waals surface area contributed by atoms with Crippen molar-refractivity contribution in [2.24, 2.45) is 0 Å². The molecule has 26 heavy (non-hydrogen) atoms. The van der Waals surface area contributed by atoms with Crippen molar-refractivity contribution in [3.63, 3.8) is 0 Å². The lowest BCUT2D eigenvalue weighted by Crippen LogP contribution is -2.30. The zero-order valence-electron chi connectivity index (χ0n) is 13.7. The highest BCUT2D eigenvalue weighted by Gasteiger charge is 2.21. The number of halogens is 3. The quantitative estimate of drug-likeness (QED) is 0.706. The lowest BCUT2D eigenvalue weighted by atomic mass is 10.1. The van der Waals surface area contributed by atoms with Crippen molar-refractivity contribution >= 4 is 52.4 Å². The van der Waals surface area contributed by atoms with Crippen LogP contribution >= 0.6 is 34.8 Å². The Morgan fingerprint density at radius 1 is 1.12 bits per heavy atom. The van der Waals surface area contributed by atoms with Gasteiger partial charge >= 0.3 is 5.97 Å². The summed E-state index contributed by atoms with van der Waals surface area (Å²) in [4.78, 5) is 23.6. The van der Waals surface area contributed by atoms with Crippen molar-refractivity contribution in [2.75, 3.05) is 12.4 Å². The van der Waals surface area contributed by atoms with Crippen molar-refractivity contribution < 1.29 is 24.2 Å². The fourth-order valence-corrected chi connectivity index (χ4v) is 2.82. The molecule has 0 radical (unpaired) electrons. The number of hydrogen-bond acceptors (Lipinski definition) is 4. The Morgan fingerprint density at radius 3 is 2.38 bits per heavy atom. The summed E-state index contributed by atoms with van der Waals surface area (Å²) in [6.45, 7) is 1.51. The number of carbonyl (C=O) groups excluding carboxylic acids is 1. The van der Waals surface area contributed by atoms with E-state index in [0.29, 0.717) is 5.02 Å². The average molecular weight is 419 g/mol. The van der Waals surface area contributed by atoms with Crippen molar-refractivity contribution in [1.29, 1.82) is 0 Å². The van der Waals surface area contributed by atoms with Gasteiger partial charge in [0.15, 0.2) is 11.9 Å². The van der Waals surface area contributed by atoms with E-state index in [0.717, 1.165) is 0 Å². The number of rotatable bonds is 6. The van der Waals surface area contributed by atoms with E-state index in [4.69, 9.17) is 49.4 Å². The van der Waals surface area contributed by atoms with Gasteiger partial charge in [-0.05, 0) is 37.3 Å². The average Bonchev–Trinajstić information content (AvgIpc) is 2.56. The molecule has 0 aliphatic carbocycles. The second-order valence-electron chi connectivity index (χ2n) is 5.17. The predicted octanol–water partition coefficient (Wildman–Crippen LogP) is 4.76. The van der Waals surface area contributed by atoms with Gasteiger partial charge in [0.05, 0.1) is 28.4 Å². The molecule has 1 atom stereocenters. The summed E-state index contributed by atoms with van der Waals surface area (Å²) in [5, 5.41) is 12.4. The molecule has 2 aromatic rings. The maximum absolute atomic E-state index is 12.4. The smallest absolute Gasteiger partial charge is 0.335 e. The first kappa shape index (κ1) is 20.2. The minimum atomic E-state index is -1.19. The third-order valence-corrected chi connectivity index (χ3v) is 4.13. The molecule has 0 aliphatic heterocycles. The molecule has 2 rings (SSSR count). The minimum absolute atomic E-state index is 0.0528. The molecule has 0 spiro atoms. The Morgan fingerprint density at radius 2 is 1.81 bits per heavy atom. The highest BCUT2D eigenvalue weighted by atomic mass is 35.5. The van der Waals surface area contributed by atoms with Crippen LogP contribution in [-0.2, 0) is 4.79 Å². The van der Waals surface area contributed by atoms with Crippen molar-refractivity contribution in [3.05, 3.63) is 51.0 Å². The van der Waals surface area contributed by atoms with Gasteiger partial charge in [-0.3, -0.25) is 4.79 Å². The number of nitrogens with one attached hydrogen (secondary N) is 1. The van der Waals surface area contributed by atoms with Crippen LogP contribution in [0, 0.1) is 0 Å². The molecule has 0 aromatic heterocycles. The molecule has 6 nitrogen and oxygen atoms in total. The number of ether oxygens (including phenoxy) is 2. The highest BCUT2D eigenvalue weighted by Crippen LogP contribution is 2.35. The van der Waals surface area contributed by atoms with Gasteiger partial charge in [-0.25, -0.2) is 4.79 Å². The molecule has 0 bridgehead atoms. The topological polar surface area (TPSA) is 84.9 Å². The molecule has 0 heterocycles. The van der Waals surface area contributed by atoms with Crippen LogP contribution in [0.1, 0.15) is 17.3 Å². The van der Waals surface area contributed by atoms with Crippen LogP contribution in [0.2, 0.25) is 15.1 Å². The third-order valence-electron chi connectivity index (χ3n) is 3.32. The number of carbonyl (C=O) groups is 2. The standard InChI is InChI=1S/C17H14Cl3NO5/c1-8(26-14-4-3-10(18)7-11(14)19)16(22)21-13-6-9(17(23)24)5-12(20)15(13)25-2/h3-8H,1-2H3,(H,21,22)(H,23,24). The van der Waals surface area contributed by atoms with E-state index in [-0.39, 0.29) is 32.8 Å². The molecule has 0 saturated heterocycles. The van der Waals surface area contributed by atoms with Gasteiger partial charge in [0, 0.05) is 5.02 Å². The van der Waals surface area contributed by atoms with Gasteiger partial charge in [0.2, 0.25) is 0 Å². The number of carboxylic acids is 1. The predicted molar refractivity (Wildman–Crippen MR) is 100 cm³/mol. The largest absolute Gasteiger partial charge is 0.493 e. The molecule has 0 aliphatic rings. The van der Waals surface area contributed by atoms with Crippen LogP contribution in [0.4, 0.5) is 5.69 Å². The van der Waals surface area contributed by atoms with Crippen LogP contribution in [-0.4, -0.2) is 30.2 Å². The molecular formula is C17H14Cl3NO5. The van der Waals surface area contributed by atoms with Gasteiger partial charge in [-0.15, -0.1) is 0 Å². The Labute approximate surface area is 164 Å². The van der Waals surface area contributed by atoms with Crippen molar-refractivity contribution in [1.82, 2.24) is 0 Å². The van der Waals surface area contributed by atoms with Gasteiger partial charge in [-0.1, -0.05) is 34.8 Å². The molecular weight excluding hydrogens is 405 g/mol. The Kier molecular flexibility index (Phi) is 6.58.